The Kier molecular flexibility index (Phi) is 24.8. The fourth-order valence-corrected chi connectivity index (χ4v) is 11.4. The standard InChI is InChI=1S/C67H79FN14O8S2/c1-41(2)69-65(87)89-44(5)50-21-15-19-47(34-50)37-59(85)73-64-81-79-61(92-64)24-11-9-22-52-27-30-55(76-74-52)70-57(83)36-46-18-14-20-48(33-46)39-82(66(88)90-67(6,7)8)40-51-38-49(26-29-54(51)68)43(4)62(86)71-56-31-28-53(75-77-56)23-10-12-25-60-78-80-63(91-60)72-58(84)35-45-17-13-16-42(3)32-45/h13-15,17-21,26-34,38,41-44H,9-12,16,22-25,35-37,39-40H2,1-8H3,(H,69,87)(H,70,76,83)(H,71,77,86)(H,72,80,84)(H,73,81,85). The number of aromatic nitrogens is 8. The zero-order chi connectivity index (χ0) is 65.7. The van der Waals surface area contributed by atoms with E-state index >= 15 is 4.39 Å². The van der Waals surface area contributed by atoms with Crippen molar-refractivity contribution in [3.05, 3.63) is 175 Å². The highest BCUT2D eigenvalue weighted by Crippen LogP contribution is 2.27. The third-order valence-electron chi connectivity index (χ3n) is 14.4. The van der Waals surface area contributed by atoms with Crippen LogP contribution in [0, 0.1) is 11.7 Å². The molecule has 6 amide bonds. The summed E-state index contributed by atoms with van der Waals surface area (Å²) in [6.45, 7) is 14.4. The number of carbonyl (C=O) groups excluding carboxylic acids is 6. The summed E-state index contributed by atoms with van der Waals surface area (Å²) in [5, 5.41) is 50.4. The minimum Gasteiger partial charge on any atom is -0.444 e. The average Bonchev–Trinajstić information content (AvgIpc) is 1.23. The highest BCUT2D eigenvalue weighted by atomic mass is 32.1. The summed E-state index contributed by atoms with van der Waals surface area (Å²) in [6, 6.07) is 25.9. The third-order valence-corrected chi connectivity index (χ3v) is 16.2. The fourth-order valence-electron chi connectivity index (χ4n) is 9.81. The van der Waals surface area contributed by atoms with Gasteiger partial charge in [-0.05, 0) is 163 Å². The second kappa shape index (κ2) is 33.2. The molecule has 25 heteroatoms. The predicted octanol–water partition coefficient (Wildman–Crippen LogP) is 12.3. The van der Waals surface area contributed by atoms with Crippen LogP contribution in [0.5, 0.6) is 0 Å². The van der Waals surface area contributed by atoms with Crippen LogP contribution in [0.1, 0.15) is 161 Å². The number of nitrogens with one attached hydrogen (secondary N) is 5. The van der Waals surface area contributed by atoms with Gasteiger partial charge >= 0.3 is 12.2 Å². The molecule has 0 fully saturated rings. The van der Waals surface area contributed by atoms with Gasteiger partial charge in [0.05, 0.1) is 43.1 Å². The van der Waals surface area contributed by atoms with Crippen LogP contribution in [0.15, 0.2) is 115 Å². The Bertz CT molecular complexity index is 3740. The summed E-state index contributed by atoms with van der Waals surface area (Å²) in [4.78, 5) is 79.6. The molecule has 0 radical (unpaired) electrons. The molecule has 4 heterocycles. The number of allylic oxidation sites excluding steroid dienone is 3. The lowest BCUT2D eigenvalue weighted by molar-refractivity contribution is -0.117. The van der Waals surface area contributed by atoms with Gasteiger partial charge in [-0.2, -0.15) is 10.2 Å². The summed E-state index contributed by atoms with van der Waals surface area (Å²) < 4.78 is 26.9. The van der Waals surface area contributed by atoms with Gasteiger partial charge in [-0.3, -0.25) is 24.1 Å². The Morgan fingerprint density at radius 2 is 1.20 bits per heavy atom. The number of carbonyl (C=O) groups is 6. The molecule has 3 aromatic carbocycles. The minimum atomic E-state index is -0.861. The molecule has 1 aliphatic rings. The molecule has 3 unspecified atom stereocenters. The molecule has 0 saturated carbocycles. The zero-order valence-corrected chi connectivity index (χ0v) is 54.7. The number of nitrogens with zero attached hydrogens (tertiary/aromatic N) is 9. The van der Waals surface area contributed by atoms with Crippen LogP contribution >= 0.6 is 22.7 Å². The monoisotopic (exact) mass is 1290 g/mol. The molecule has 484 valence electrons. The summed E-state index contributed by atoms with van der Waals surface area (Å²) in [6.07, 6.45) is 11.8. The van der Waals surface area contributed by atoms with E-state index in [1.165, 1.54) is 39.7 Å². The van der Waals surface area contributed by atoms with E-state index in [0.717, 1.165) is 70.2 Å². The van der Waals surface area contributed by atoms with E-state index in [0.29, 0.717) is 65.0 Å². The van der Waals surface area contributed by atoms with Gasteiger partial charge in [0.2, 0.25) is 33.9 Å². The molecular formula is C67H79FN14O8S2. The van der Waals surface area contributed by atoms with E-state index in [-0.39, 0.29) is 72.8 Å². The molecule has 4 aromatic heterocycles. The van der Waals surface area contributed by atoms with Crippen LogP contribution in [0.4, 0.5) is 35.9 Å². The van der Waals surface area contributed by atoms with Crippen molar-refractivity contribution in [1.29, 1.82) is 0 Å². The zero-order valence-electron chi connectivity index (χ0n) is 53.1. The van der Waals surface area contributed by atoms with E-state index in [1.807, 2.05) is 56.3 Å². The lowest BCUT2D eigenvalue weighted by atomic mass is 9.96. The van der Waals surface area contributed by atoms with Crippen molar-refractivity contribution in [2.24, 2.45) is 5.92 Å². The molecule has 92 heavy (non-hydrogen) atoms. The maximum absolute atomic E-state index is 15.7. The highest BCUT2D eigenvalue weighted by molar-refractivity contribution is 7.15. The molecule has 3 atom stereocenters. The van der Waals surface area contributed by atoms with E-state index in [2.05, 4.69) is 86.4 Å². The number of rotatable bonds is 29. The molecular weight excluding hydrogens is 1210 g/mol. The van der Waals surface area contributed by atoms with Gasteiger partial charge in [-0.25, -0.2) is 14.0 Å². The number of hydrogen-bond acceptors (Lipinski definition) is 18. The maximum Gasteiger partial charge on any atom is 0.410 e. The van der Waals surface area contributed by atoms with Gasteiger partial charge < -0.3 is 36.1 Å². The normalized spacial score (nSPS) is 13.5. The molecule has 1 aliphatic carbocycles. The van der Waals surface area contributed by atoms with Gasteiger partial charge in [0.1, 0.15) is 27.5 Å². The van der Waals surface area contributed by atoms with E-state index in [4.69, 9.17) is 9.47 Å². The number of ether oxygens (including phenoxy) is 2. The summed E-state index contributed by atoms with van der Waals surface area (Å²) in [5.41, 5.74) is 5.20. The van der Waals surface area contributed by atoms with Gasteiger partial charge in [-0.1, -0.05) is 108 Å². The number of hydrogen-bond donors (Lipinski definition) is 5. The van der Waals surface area contributed by atoms with Gasteiger partial charge in [-0.15, -0.1) is 30.6 Å². The molecule has 0 spiro atoms. The van der Waals surface area contributed by atoms with Crippen molar-refractivity contribution in [2.45, 2.75) is 169 Å². The van der Waals surface area contributed by atoms with Gasteiger partial charge in [0.25, 0.3) is 0 Å². The van der Waals surface area contributed by atoms with Gasteiger partial charge in [0.15, 0.2) is 11.6 Å². The van der Waals surface area contributed by atoms with Crippen LogP contribution < -0.4 is 26.6 Å². The topological polar surface area (TPSA) is 287 Å². The van der Waals surface area contributed by atoms with Crippen LogP contribution in [0.2, 0.25) is 0 Å². The number of aryl methyl sites for hydroxylation is 4. The smallest absolute Gasteiger partial charge is 0.410 e. The first-order chi connectivity index (χ1) is 44.0. The maximum atomic E-state index is 15.7. The molecule has 5 N–H and O–H groups in total. The van der Waals surface area contributed by atoms with Crippen LogP contribution in [-0.4, -0.2) is 93.1 Å². The summed E-state index contributed by atoms with van der Waals surface area (Å²) >= 11 is 2.69. The quantitative estimate of drug-likeness (QED) is 0.0272. The molecule has 0 aliphatic heterocycles. The van der Waals surface area contributed by atoms with Gasteiger partial charge in [0, 0.05) is 31.0 Å². The number of anilines is 4. The number of alkyl carbamates (subject to hydrolysis) is 1. The average molecular weight is 1290 g/mol. The minimum absolute atomic E-state index is 0.00728. The Balaban J connectivity index is 0.758. The van der Waals surface area contributed by atoms with Crippen molar-refractivity contribution >= 4 is 80.4 Å². The van der Waals surface area contributed by atoms with Crippen LogP contribution in [0.25, 0.3) is 0 Å². The number of unbranched alkanes of at least 4 members (excludes halogenated alkanes) is 2. The second-order valence-electron chi connectivity index (χ2n) is 24.1. The number of amides is 6. The van der Waals surface area contributed by atoms with E-state index < -0.39 is 35.6 Å². The highest BCUT2D eigenvalue weighted by Gasteiger charge is 2.26. The van der Waals surface area contributed by atoms with Crippen LogP contribution in [0.3, 0.4) is 0 Å². The Morgan fingerprint density at radius 1 is 0.620 bits per heavy atom. The first-order valence-electron chi connectivity index (χ1n) is 30.8. The Hall–Kier alpha value is -9.23. The van der Waals surface area contributed by atoms with Crippen molar-refractivity contribution in [3.63, 3.8) is 0 Å². The second-order valence-corrected chi connectivity index (χ2v) is 26.2. The molecule has 0 bridgehead atoms. The lowest BCUT2D eigenvalue weighted by Gasteiger charge is -2.28. The Labute approximate surface area is 543 Å². The molecule has 7 aromatic rings. The molecule has 0 saturated heterocycles. The fraction of sp³-hybridized carbons (Fsp3) is 0.403. The van der Waals surface area contributed by atoms with Crippen molar-refractivity contribution in [2.75, 3.05) is 21.3 Å². The van der Waals surface area contributed by atoms with Crippen molar-refractivity contribution in [1.82, 2.24) is 51.0 Å². The molecule has 8 rings (SSSR count). The first kappa shape index (κ1) is 68.7. The van der Waals surface area contributed by atoms with E-state index in [9.17, 15) is 28.8 Å². The molecule has 22 nitrogen and oxygen atoms in total. The Morgan fingerprint density at radius 3 is 1.79 bits per heavy atom. The van der Waals surface area contributed by atoms with Crippen LogP contribution in [-0.2, 0) is 80.3 Å². The number of benzene rings is 3. The van der Waals surface area contributed by atoms with E-state index in [1.54, 1.807) is 77.1 Å². The lowest BCUT2D eigenvalue weighted by Crippen LogP contribution is -2.36. The summed E-state index contributed by atoms with van der Waals surface area (Å²) in [7, 11) is 0. The SMILES string of the molecule is CC1C=C(CC(=O)Nc2nnc(CCCCc3ccc(NC(=O)C(C)c4ccc(F)c(CN(Cc5cccc(CC(=O)Nc6ccc(CCCCc7nnc(NC(=O)Cc8cccc(C(C)OC(=O)NC(C)C)c8)s7)nn6)c5)C(=O)OC(C)(C)C)c4)nn3)s2)C=CC1. The van der Waals surface area contributed by atoms with Crippen molar-refractivity contribution < 1.29 is 42.6 Å². The largest absolute Gasteiger partial charge is 0.444 e. The summed E-state index contributed by atoms with van der Waals surface area (Å²) in [5.74, 6) is -1.41. The third kappa shape index (κ3) is 22.6. The predicted molar refractivity (Wildman–Crippen MR) is 351 cm³/mol. The number of halogens is 1. The first-order valence-corrected chi connectivity index (χ1v) is 32.5. The van der Waals surface area contributed by atoms with Crippen molar-refractivity contribution in [3.8, 4) is 0 Å².